The summed E-state index contributed by atoms with van der Waals surface area (Å²) < 4.78 is 0. The summed E-state index contributed by atoms with van der Waals surface area (Å²) in [4.78, 5) is 25.1. The molecule has 5 nitrogen and oxygen atoms in total. The molecule has 3 N–H and O–H groups in total. The first-order valence-corrected chi connectivity index (χ1v) is 10.3. The van der Waals surface area contributed by atoms with Crippen LogP contribution in [0.5, 0.6) is 0 Å². The van der Waals surface area contributed by atoms with Crippen LogP contribution in [0.25, 0.3) is 0 Å². The zero-order valence-electron chi connectivity index (χ0n) is 16.4. The van der Waals surface area contributed by atoms with Gasteiger partial charge < -0.3 is 15.7 Å². The molecule has 0 radical (unpaired) electrons. The smallest absolute Gasteiger partial charge is 0.264 e. The Morgan fingerprint density at radius 1 is 0.931 bits per heavy atom. The van der Waals surface area contributed by atoms with Gasteiger partial charge in [0.2, 0.25) is 0 Å². The van der Waals surface area contributed by atoms with E-state index in [9.17, 15) is 14.7 Å². The van der Waals surface area contributed by atoms with Crippen LogP contribution in [0, 0.1) is 0 Å². The topological polar surface area (TPSA) is 78.4 Å². The number of aliphatic hydroxyl groups is 1. The van der Waals surface area contributed by atoms with Gasteiger partial charge in [0.15, 0.2) is 0 Å². The van der Waals surface area contributed by atoms with Crippen LogP contribution in [-0.2, 0) is 9.59 Å². The van der Waals surface area contributed by atoms with Gasteiger partial charge in [-0.15, -0.1) is 0 Å². The Labute approximate surface area is 170 Å². The molecule has 0 bridgehead atoms. The maximum atomic E-state index is 12.6. The largest absolute Gasteiger partial charge is 0.511 e. The van der Waals surface area contributed by atoms with Crippen LogP contribution in [0.2, 0.25) is 0 Å². The number of benzene rings is 2. The summed E-state index contributed by atoms with van der Waals surface area (Å²) in [5.74, 6) is -0.728. The Morgan fingerprint density at radius 2 is 1.62 bits per heavy atom. The second-order valence-electron chi connectivity index (χ2n) is 7.87. The van der Waals surface area contributed by atoms with Crippen LogP contribution in [0.3, 0.4) is 0 Å². The zero-order chi connectivity index (χ0) is 20.2. The van der Waals surface area contributed by atoms with Gasteiger partial charge in [0, 0.05) is 12.1 Å². The minimum atomic E-state index is -0.586. The maximum absolute atomic E-state index is 12.6. The molecule has 2 aromatic rings. The molecule has 150 valence electrons. The molecule has 1 saturated carbocycles. The second kappa shape index (κ2) is 8.52. The van der Waals surface area contributed by atoms with E-state index in [1.165, 1.54) is 37.7 Å². The van der Waals surface area contributed by atoms with Crippen LogP contribution in [0.15, 0.2) is 65.9 Å². The highest BCUT2D eigenvalue weighted by Gasteiger charge is 2.32. The van der Waals surface area contributed by atoms with E-state index in [-0.39, 0.29) is 23.8 Å². The number of hydrogen-bond donors (Lipinski definition) is 3. The molecule has 1 heterocycles. The van der Waals surface area contributed by atoms with Crippen LogP contribution in [0.1, 0.15) is 61.6 Å². The maximum Gasteiger partial charge on any atom is 0.264 e. The van der Waals surface area contributed by atoms with E-state index in [1.807, 2.05) is 54.6 Å². The molecule has 0 aromatic heterocycles. The number of aliphatic hydroxyl groups excluding tert-OH is 1. The van der Waals surface area contributed by atoms with Crippen molar-refractivity contribution in [3.8, 4) is 0 Å². The first-order chi connectivity index (χ1) is 14.1. The van der Waals surface area contributed by atoms with Crippen molar-refractivity contribution in [3.05, 3.63) is 77.1 Å². The predicted molar refractivity (Wildman–Crippen MR) is 112 cm³/mol. The van der Waals surface area contributed by atoms with Crippen LogP contribution >= 0.6 is 0 Å². The quantitative estimate of drug-likeness (QED) is 0.660. The van der Waals surface area contributed by atoms with Crippen molar-refractivity contribution in [2.24, 2.45) is 0 Å². The van der Waals surface area contributed by atoms with Gasteiger partial charge in [-0.1, -0.05) is 61.7 Å². The second-order valence-corrected chi connectivity index (χ2v) is 7.87. The number of hydrogen-bond acceptors (Lipinski definition) is 3. The van der Waals surface area contributed by atoms with Gasteiger partial charge in [0.25, 0.3) is 11.8 Å². The highest BCUT2D eigenvalue weighted by Crippen LogP contribution is 2.33. The summed E-state index contributed by atoms with van der Waals surface area (Å²) in [5.41, 5.74) is 2.59. The van der Waals surface area contributed by atoms with Gasteiger partial charge >= 0.3 is 0 Å². The SMILES string of the molecule is O=C(Nc1ccc(C2CCCCC2)cc1)C1=C(O)CC(c2ccccc2)NC1=O. The number of carbonyl (C=O) groups excluding carboxylic acids is 2. The third-order valence-corrected chi connectivity index (χ3v) is 5.89. The van der Waals surface area contributed by atoms with E-state index < -0.39 is 11.8 Å². The minimum Gasteiger partial charge on any atom is -0.511 e. The number of carbonyl (C=O) groups is 2. The summed E-state index contributed by atoms with van der Waals surface area (Å²) in [5, 5.41) is 15.9. The van der Waals surface area contributed by atoms with Crippen molar-refractivity contribution >= 4 is 17.5 Å². The highest BCUT2D eigenvalue weighted by molar-refractivity contribution is 6.23. The number of anilines is 1. The lowest BCUT2D eigenvalue weighted by atomic mass is 9.84. The lowest BCUT2D eigenvalue weighted by molar-refractivity contribution is -0.123. The molecule has 4 rings (SSSR count). The van der Waals surface area contributed by atoms with E-state index in [1.54, 1.807) is 0 Å². The first kappa shape index (κ1) is 19.2. The fourth-order valence-electron chi connectivity index (χ4n) is 4.30. The van der Waals surface area contributed by atoms with Crippen molar-refractivity contribution < 1.29 is 14.7 Å². The summed E-state index contributed by atoms with van der Waals surface area (Å²) in [7, 11) is 0. The number of rotatable bonds is 4. The van der Waals surface area contributed by atoms with Crippen molar-refractivity contribution in [1.29, 1.82) is 0 Å². The molecule has 2 aromatic carbocycles. The first-order valence-electron chi connectivity index (χ1n) is 10.3. The lowest BCUT2D eigenvalue weighted by Gasteiger charge is -2.25. The minimum absolute atomic E-state index is 0.182. The van der Waals surface area contributed by atoms with Gasteiger partial charge in [-0.25, -0.2) is 0 Å². The molecular formula is C24H26N2O3. The van der Waals surface area contributed by atoms with E-state index in [4.69, 9.17) is 0 Å². The average Bonchev–Trinajstić information content (AvgIpc) is 2.75. The molecule has 0 spiro atoms. The summed E-state index contributed by atoms with van der Waals surface area (Å²) in [6.45, 7) is 0. The van der Waals surface area contributed by atoms with Crippen molar-refractivity contribution in [2.45, 2.75) is 50.5 Å². The average molecular weight is 390 g/mol. The fraction of sp³-hybridized carbons (Fsp3) is 0.333. The Morgan fingerprint density at radius 3 is 2.28 bits per heavy atom. The number of amides is 2. The Kier molecular flexibility index (Phi) is 5.65. The summed E-state index contributed by atoms with van der Waals surface area (Å²) in [6.07, 6.45) is 6.49. The van der Waals surface area contributed by atoms with E-state index >= 15 is 0 Å². The van der Waals surface area contributed by atoms with Gasteiger partial charge in [0.05, 0.1) is 6.04 Å². The van der Waals surface area contributed by atoms with Gasteiger partial charge in [0.1, 0.15) is 11.3 Å². The normalized spacial score (nSPS) is 20.3. The van der Waals surface area contributed by atoms with Crippen molar-refractivity contribution in [1.82, 2.24) is 5.32 Å². The van der Waals surface area contributed by atoms with Gasteiger partial charge in [-0.2, -0.15) is 0 Å². The Balaban J connectivity index is 1.44. The monoisotopic (exact) mass is 390 g/mol. The van der Waals surface area contributed by atoms with Crippen LogP contribution in [0.4, 0.5) is 5.69 Å². The Bertz CT molecular complexity index is 913. The lowest BCUT2D eigenvalue weighted by Crippen LogP contribution is -2.39. The van der Waals surface area contributed by atoms with Crippen molar-refractivity contribution in [2.75, 3.05) is 5.32 Å². The molecule has 0 saturated heterocycles. The van der Waals surface area contributed by atoms with Gasteiger partial charge in [-0.05, 0) is 42.0 Å². The molecule has 29 heavy (non-hydrogen) atoms. The third kappa shape index (κ3) is 4.34. The highest BCUT2D eigenvalue weighted by atomic mass is 16.3. The molecule has 1 atom stereocenters. The standard InChI is InChI=1S/C24H26N2O3/c27-21-15-20(18-9-5-2-6-10-18)26-24(29)22(21)23(28)25-19-13-11-17(12-14-19)16-7-3-1-4-8-16/h2,5-6,9-14,16,20,27H,1,3-4,7-8,15H2,(H,25,28)(H,26,29). The van der Waals surface area contributed by atoms with E-state index in [2.05, 4.69) is 10.6 Å². The van der Waals surface area contributed by atoms with Crippen molar-refractivity contribution in [3.63, 3.8) is 0 Å². The molecule has 1 aliphatic carbocycles. The van der Waals surface area contributed by atoms with E-state index in [0.717, 1.165) is 5.56 Å². The number of nitrogens with one attached hydrogen (secondary N) is 2. The molecule has 1 unspecified atom stereocenters. The van der Waals surface area contributed by atoms with Crippen LogP contribution in [-0.4, -0.2) is 16.9 Å². The fourth-order valence-corrected chi connectivity index (χ4v) is 4.30. The molecule has 2 amide bonds. The summed E-state index contributed by atoms with van der Waals surface area (Å²) in [6, 6.07) is 16.9. The predicted octanol–water partition coefficient (Wildman–Crippen LogP) is 4.75. The van der Waals surface area contributed by atoms with E-state index in [0.29, 0.717) is 11.6 Å². The zero-order valence-corrected chi connectivity index (χ0v) is 16.4. The molecule has 5 heteroatoms. The summed E-state index contributed by atoms with van der Waals surface area (Å²) >= 11 is 0. The Hall–Kier alpha value is -3.08. The third-order valence-electron chi connectivity index (χ3n) is 5.89. The molecule has 1 fully saturated rings. The molecular weight excluding hydrogens is 364 g/mol. The van der Waals surface area contributed by atoms with Crippen LogP contribution < -0.4 is 10.6 Å². The van der Waals surface area contributed by atoms with Gasteiger partial charge in [-0.3, -0.25) is 9.59 Å². The molecule has 1 aliphatic heterocycles. The molecule has 2 aliphatic rings.